The number of carbonyl (C=O) groups is 2. The third-order valence-electron chi connectivity index (χ3n) is 7.09. The lowest BCUT2D eigenvalue weighted by Gasteiger charge is -2.32. The molecule has 1 N–H and O–H groups in total. The minimum absolute atomic E-state index is 0.00599. The van der Waals surface area contributed by atoms with E-state index in [0.717, 1.165) is 24.3 Å². The Morgan fingerprint density at radius 2 is 1.62 bits per heavy atom. The van der Waals surface area contributed by atoms with Crippen molar-refractivity contribution in [2.24, 2.45) is 0 Å². The number of rotatable bonds is 7. The van der Waals surface area contributed by atoms with Crippen molar-refractivity contribution in [2.45, 2.75) is 54.4 Å². The van der Waals surface area contributed by atoms with Crippen LogP contribution in [0.2, 0.25) is 0 Å². The molecule has 0 radical (unpaired) electrons. The highest BCUT2D eigenvalue weighted by Crippen LogP contribution is 2.48. The first kappa shape index (κ1) is 31.7. The van der Waals surface area contributed by atoms with E-state index >= 15 is 0 Å². The number of piperidine rings is 1. The van der Waals surface area contributed by atoms with E-state index in [0.29, 0.717) is 74.6 Å². The van der Waals surface area contributed by atoms with Gasteiger partial charge in [-0.15, -0.1) is 0 Å². The Balaban J connectivity index is 1.56. The Kier molecular flexibility index (Phi) is 10.1. The minimum atomic E-state index is -5.30. The predicted molar refractivity (Wildman–Crippen MR) is 147 cm³/mol. The van der Waals surface area contributed by atoms with Crippen molar-refractivity contribution in [3.63, 3.8) is 0 Å². The highest BCUT2D eigenvalue weighted by molar-refractivity contribution is 7.99. The van der Waals surface area contributed by atoms with Gasteiger partial charge in [-0.25, -0.2) is 0 Å². The van der Waals surface area contributed by atoms with Crippen LogP contribution in [-0.2, 0) is 26.7 Å². The molecule has 2 fully saturated rings. The number of morpholine rings is 1. The summed E-state index contributed by atoms with van der Waals surface area (Å²) in [6.45, 7) is 4.06. The fourth-order valence-electron chi connectivity index (χ4n) is 4.99. The lowest BCUT2D eigenvalue weighted by molar-refractivity contribution is -0.163. The molecule has 2 aromatic rings. The maximum Gasteiger partial charge on any atom is 0.418 e. The fraction of sp³-hybridized carbons (Fsp3) is 0.448. The van der Waals surface area contributed by atoms with Gasteiger partial charge in [-0.2, -0.15) is 26.3 Å². The largest absolute Gasteiger partial charge is 0.418 e. The second kappa shape index (κ2) is 13.4. The summed E-state index contributed by atoms with van der Waals surface area (Å²) >= 11 is 0.598. The summed E-state index contributed by atoms with van der Waals surface area (Å²) in [6, 6.07) is 8.57. The molecular weight excluding hydrogens is 584 g/mol. The van der Waals surface area contributed by atoms with Gasteiger partial charge in [-0.3, -0.25) is 9.59 Å². The van der Waals surface area contributed by atoms with Crippen LogP contribution in [0.1, 0.15) is 42.9 Å². The summed E-state index contributed by atoms with van der Waals surface area (Å²) in [5.41, 5.74) is -3.60. The van der Waals surface area contributed by atoms with Crippen molar-refractivity contribution < 1.29 is 40.7 Å². The zero-order valence-electron chi connectivity index (χ0n) is 22.9. The summed E-state index contributed by atoms with van der Waals surface area (Å²) in [5.74, 6) is -0.349. The summed E-state index contributed by atoms with van der Waals surface area (Å²) in [7, 11) is 0. The average molecular weight is 616 g/mol. The SMILES string of the molecule is CC(=O)N1CCC(Nc2cccc(Sc3ccc(C=CCC(=O)N4CCOCC4)c(C(F)(F)F)c3C(F)(F)F)c2)CC1. The van der Waals surface area contributed by atoms with Crippen molar-refractivity contribution in [1.82, 2.24) is 9.80 Å². The molecule has 6 nitrogen and oxygen atoms in total. The summed E-state index contributed by atoms with van der Waals surface area (Å²) in [5, 5.41) is 3.31. The molecule has 2 saturated heterocycles. The zero-order valence-corrected chi connectivity index (χ0v) is 23.7. The molecular formula is C29H31F6N3O3S. The van der Waals surface area contributed by atoms with Crippen LogP contribution in [0.4, 0.5) is 32.0 Å². The van der Waals surface area contributed by atoms with E-state index in [1.54, 1.807) is 23.1 Å². The van der Waals surface area contributed by atoms with Gasteiger partial charge < -0.3 is 19.9 Å². The minimum Gasteiger partial charge on any atom is -0.382 e. The first-order valence-corrected chi connectivity index (χ1v) is 14.3. The Hall–Kier alpha value is -3.19. The Labute approximate surface area is 244 Å². The average Bonchev–Trinajstić information content (AvgIpc) is 2.93. The van der Waals surface area contributed by atoms with Gasteiger partial charge in [0.05, 0.1) is 24.3 Å². The molecule has 0 aliphatic carbocycles. The molecule has 2 aliphatic rings. The third kappa shape index (κ3) is 8.21. The van der Waals surface area contributed by atoms with E-state index in [-0.39, 0.29) is 24.3 Å². The number of anilines is 1. The number of hydrogen-bond donors (Lipinski definition) is 1. The van der Waals surface area contributed by atoms with E-state index in [1.807, 2.05) is 0 Å². The van der Waals surface area contributed by atoms with Crippen LogP contribution < -0.4 is 5.32 Å². The molecule has 2 aromatic carbocycles. The van der Waals surface area contributed by atoms with Gasteiger partial charge in [-0.05, 0) is 42.7 Å². The molecule has 0 saturated carbocycles. The lowest BCUT2D eigenvalue weighted by Crippen LogP contribution is -2.41. The van der Waals surface area contributed by atoms with E-state index in [2.05, 4.69) is 5.32 Å². The Bertz CT molecular complexity index is 1300. The number of amides is 2. The van der Waals surface area contributed by atoms with Crippen molar-refractivity contribution in [3.05, 3.63) is 59.2 Å². The number of hydrogen-bond acceptors (Lipinski definition) is 5. The van der Waals surface area contributed by atoms with E-state index in [9.17, 15) is 35.9 Å². The van der Waals surface area contributed by atoms with Gasteiger partial charge >= 0.3 is 12.4 Å². The first-order valence-electron chi connectivity index (χ1n) is 13.5. The molecule has 42 heavy (non-hydrogen) atoms. The first-order chi connectivity index (χ1) is 19.8. The Morgan fingerprint density at radius 3 is 2.24 bits per heavy atom. The van der Waals surface area contributed by atoms with Gasteiger partial charge in [0.25, 0.3) is 0 Å². The molecule has 228 valence electrons. The smallest absolute Gasteiger partial charge is 0.382 e. The monoisotopic (exact) mass is 615 g/mol. The van der Waals surface area contributed by atoms with E-state index in [4.69, 9.17) is 4.74 Å². The molecule has 2 amide bonds. The zero-order chi connectivity index (χ0) is 30.5. The summed E-state index contributed by atoms with van der Waals surface area (Å²) in [6.07, 6.45) is -7.37. The molecule has 0 aromatic heterocycles. The predicted octanol–water partition coefficient (Wildman–Crippen LogP) is 6.56. The number of carbonyl (C=O) groups excluding carboxylic acids is 2. The molecule has 0 unspecified atom stereocenters. The molecule has 2 heterocycles. The van der Waals surface area contributed by atoms with Crippen LogP contribution in [0, 0.1) is 0 Å². The number of ether oxygens (including phenoxy) is 1. The third-order valence-corrected chi connectivity index (χ3v) is 8.14. The quantitative estimate of drug-likeness (QED) is 0.358. The van der Waals surface area contributed by atoms with Crippen molar-refractivity contribution in [3.8, 4) is 0 Å². The highest BCUT2D eigenvalue weighted by atomic mass is 32.2. The summed E-state index contributed by atoms with van der Waals surface area (Å²) < 4.78 is 90.4. The van der Waals surface area contributed by atoms with Crippen LogP contribution >= 0.6 is 11.8 Å². The molecule has 0 atom stereocenters. The Morgan fingerprint density at radius 1 is 0.952 bits per heavy atom. The normalized spacial score (nSPS) is 17.1. The number of halogens is 6. The molecule has 4 rings (SSSR count). The van der Waals surface area contributed by atoms with Crippen LogP contribution in [0.5, 0.6) is 0 Å². The summed E-state index contributed by atoms with van der Waals surface area (Å²) in [4.78, 5) is 26.9. The maximum atomic E-state index is 14.2. The molecule has 0 spiro atoms. The van der Waals surface area contributed by atoms with Crippen LogP contribution in [0.3, 0.4) is 0 Å². The van der Waals surface area contributed by atoms with E-state index in [1.165, 1.54) is 17.9 Å². The number of alkyl halides is 6. The van der Waals surface area contributed by atoms with Gasteiger partial charge in [0, 0.05) is 61.0 Å². The standard InChI is InChI=1S/C29H31F6N3O3S/c1-19(39)37-12-10-21(11-13-37)36-22-5-3-6-23(18-22)42-24-9-8-20(26(28(30,31)32)27(24)29(33,34)35)4-2-7-25(40)38-14-16-41-17-15-38/h2-6,8-9,18,21,36H,7,10-17H2,1H3. The fourth-order valence-corrected chi connectivity index (χ4v) is 6.03. The second-order valence-corrected chi connectivity index (χ2v) is 11.2. The molecule has 13 heteroatoms. The number of benzene rings is 2. The van der Waals surface area contributed by atoms with Gasteiger partial charge in [0.15, 0.2) is 0 Å². The van der Waals surface area contributed by atoms with E-state index < -0.39 is 33.9 Å². The number of nitrogens with one attached hydrogen (secondary N) is 1. The highest BCUT2D eigenvalue weighted by Gasteiger charge is 2.46. The number of likely N-dealkylation sites (tertiary alicyclic amines) is 1. The van der Waals surface area contributed by atoms with Crippen LogP contribution in [0.25, 0.3) is 6.08 Å². The van der Waals surface area contributed by atoms with Crippen molar-refractivity contribution in [1.29, 1.82) is 0 Å². The van der Waals surface area contributed by atoms with Crippen molar-refractivity contribution in [2.75, 3.05) is 44.7 Å². The van der Waals surface area contributed by atoms with Crippen molar-refractivity contribution >= 4 is 35.3 Å². The van der Waals surface area contributed by atoms with Gasteiger partial charge in [-0.1, -0.05) is 36.0 Å². The second-order valence-electron chi connectivity index (χ2n) is 10.1. The topological polar surface area (TPSA) is 61.9 Å². The van der Waals surface area contributed by atoms with Gasteiger partial charge in [0.1, 0.15) is 0 Å². The lowest BCUT2D eigenvalue weighted by atomic mass is 9.99. The number of nitrogens with zero attached hydrogens (tertiary/aromatic N) is 2. The van der Waals surface area contributed by atoms with Crippen LogP contribution in [-0.4, -0.2) is 67.0 Å². The van der Waals surface area contributed by atoms with Gasteiger partial charge in [0.2, 0.25) is 11.8 Å². The maximum absolute atomic E-state index is 14.2. The molecule has 0 bridgehead atoms. The van der Waals surface area contributed by atoms with Crippen LogP contribution in [0.15, 0.2) is 52.3 Å². The molecule has 2 aliphatic heterocycles.